The standard InChI is InChI=1S/C19H23N5O3S/c1-5-24-16(6-7-22-24)23-17-13-8-12(4)9-15(28(26,27)11(2)3)18(13)21-10-14(17)19(20)25/h6-11H,5H2,1-4H3,(H2,20,25)(H,21,23). The highest BCUT2D eigenvalue weighted by atomic mass is 32.2. The van der Waals surface area contributed by atoms with Gasteiger partial charge in [-0.25, -0.2) is 13.1 Å². The Kier molecular flexibility index (Phi) is 5.12. The van der Waals surface area contributed by atoms with E-state index in [1.54, 1.807) is 49.8 Å². The Labute approximate surface area is 163 Å². The lowest BCUT2D eigenvalue weighted by molar-refractivity contribution is 0.100. The first kappa shape index (κ1) is 19.8. The molecule has 0 unspecified atom stereocenters. The molecular formula is C19H23N5O3S. The fourth-order valence-corrected chi connectivity index (χ4v) is 4.31. The molecule has 2 heterocycles. The van der Waals surface area contributed by atoms with Gasteiger partial charge < -0.3 is 11.1 Å². The minimum Gasteiger partial charge on any atom is -0.365 e. The molecule has 0 aliphatic rings. The van der Waals surface area contributed by atoms with Crippen LogP contribution in [-0.2, 0) is 16.4 Å². The average molecular weight is 401 g/mol. The van der Waals surface area contributed by atoms with Crippen LogP contribution in [0.2, 0.25) is 0 Å². The summed E-state index contributed by atoms with van der Waals surface area (Å²) in [6.07, 6.45) is 2.95. The van der Waals surface area contributed by atoms with Gasteiger partial charge in [0.25, 0.3) is 5.91 Å². The molecule has 0 spiro atoms. The molecule has 0 radical (unpaired) electrons. The SMILES string of the molecule is CCn1nccc1Nc1c(C(N)=O)cnc2c(S(=O)(=O)C(C)C)cc(C)cc12. The predicted molar refractivity (Wildman–Crippen MR) is 109 cm³/mol. The smallest absolute Gasteiger partial charge is 0.252 e. The van der Waals surface area contributed by atoms with Crippen LogP contribution in [0, 0.1) is 6.92 Å². The van der Waals surface area contributed by atoms with Crippen molar-refractivity contribution in [2.24, 2.45) is 5.73 Å². The van der Waals surface area contributed by atoms with Crippen molar-refractivity contribution in [1.29, 1.82) is 0 Å². The Balaban J connectivity index is 2.36. The number of anilines is 2. The van der Waals surface area contributed by atoms with Crippen LogP contribution in [0.25, 0.3) is 10.9 Å². The predicted octanol–water partition coefficient (Wildman–Crippen LogP) is 2.78. The van der Waals surface area contributed by atoms with Gasteiger partial charge in [-0.3, -0.25) is 9.78 Å². The number of sulfone groups is 1. The minimum absolute atomic E-state index is 0.139. The first-order valence-corrected chi connectivity index (χ1v) is 10.5. The van der Waals surface area contributed by atoms with Gasteiger partial charge in [0, 0.05) is 24.2 Å². The molecule has 0 atom stereocenters. The number of carbonyl (C=O) groups is 1. The number of hydrogen-bond acceptors (Lipinski definition) is 6. The number of benzene rings is 1. The van der Waals surface area contributed by atoms with Gasteiger partial charge >= 0.3 is 0 Å². The molecule has 8 nitrogen and oxygen atoms in total. The fourth-order valence-electron chi connectivity index (χ4n) is 3.02. The molecule has 3 aromatic rings. The van der Waals surface area contributed by atoms with Crippen molar-refractivity contribution in [3.63, 3.8) is 0 Å². The maximum Gasteiger partial charge on any atom is 0.252 e. The van der Waals surface area contributed by atoms with E-state index in [-0.39, 0.29) is 10.5 Å². The van der Waals surface area contributed by atoms with Crippen LogP contribution in [0.15, 0.2) is 35.5 Å². The molecule has 3 N–H and O–H groups in total. The molecule has 28 heavy (non-hydrogen) atoms. The second kappa shape index (κ2) is 7.23. The summed E-state index contributed by atoms with van der Waals surface area (Å²) < 4.78 is 27.5. The molecule has 1 amide bonds. The van der Waals surface area contributed by atoms with Crippen LogP contribution in [0.5, 0.6) is 0 Å². The van der Waals surface area contributed by atoms with E-state index in [0.29, 0.717) is 29.0 Å². The third-order valence-electron chi connectivity index (χ3n) is 4.54. The van der Waals surface area contributed by atoms with Crippen LogP contribution in [0.1, 0.15) is 36.7 Å². The number of aryl methyl sites for hydroxylation is 2. The largest absolute Gasteiger partial charge is 0.365 e. The Bertz CT molecular complexity index is 1170. The quantitative estimate of drug-likeness (QED) is 0.655. The van der Waals surface area contributed by atoms with Crippen molar-refractivity contribution in [1.82, 2.24) is 14.8 Å². The molecule has 0 aliphatic heterocycles. The van der Waals surface area contributed by atoms with Crippen LogP contribution >= 0.6 is 0 Å². The van der Waals surface area contributed by atoms with Crippen molar-refractivity contribution < 1.29 is 13.2 Å². The van der Waals surface area contributed by atoms with E-state index in [9.17, 15) is 13.2 Å². The molecule has 0 saturated heterocycles. The molecule has 3 rings (SSSR count). The van der Waals surface area contributed by atoms with Gasteiger partial charge in [0.15, 0.2) is 9.84 Å². The number of nitrogens with two attached hydrogens (primary N) is 1. The lowest BCUT2D eigenvalue weighted by Gasteiger charge is -2.17. The van der Waals surface area contributed by atoms with Gasteiger partial charge in [-0.2, -0.15) is 5.10 Å². The lowest BCUT2D eigenvalue weighted by Crippen LogP contribution is -2.17. The van der Waals surface area contributed by atoms with Crippen molar-refractivity contribution in [3.8, 4) is 0 Å². The molecule has 2 aromatic heterocycles. The third-order valence-corrected chi connectivity index (χ3v) is 6.71. The summed E-state index contributed by atoms with van der Waals surface area (Å²) in [5.41, 5.74) is 7.18. The van der Waals surface area contributed by atoms with Gasteiger partial charge in [0.2, 0.25) is 0 Å². The van der Waals surface area contributed by atoms with Crippen molar-refractivity contribution >= 4 is 38.2 Å². The van der Waals surface area contributed by atoms with Crippen molar-refractivity contribution in [3.05, 3.63) is 41.7 Å². The van der Waals surface area contributed by atoms with Gasteiger partial charge in [-0.1, -0.05) is 0 Å². The van der Waals surface area contributed by atoms with Gasteiger partial charge in [0.05, 0.1) is 33.1 Å². The Hall–Kier alpha value is -2.94. The number of aromatic nitrogens is 3. The van der Waals surface area contributed by atoms with Gasteiger partial charge in [-0.15, -0.1) is 0 Å². The first-order valence-electron chi connectivity index (χ1n) is 8.92. The molecular weight excluding hydrogens is 378 g/mol. The summed E-state index contributed by atoms with van der Waals surface area (Å²) >= 11 is 0. The normalized spacial score (nSPS) is 11.9. The Morgan fingerprint density at radius 3 is 2.64 bits per heavy atom. The molecule has 0 saturated carbocycles. The van der Waals surface area contributed by atoms with Crippen LogP contribution < -0.4 is 11.1 Å². The highest BCUT2D eigenvalue weighted by Gasteiger charge is 2.25. The van der Waals surface area contributed by atoms with Crippen LogP contribution in [-0.4, -0.2) is 34.3 Å². The van der Waals surface area contributed by atoms with Crippen molar-refractivity contribution in [2.45, 2.75) is 44.4 Å². The zero-order chi connectivity index (χ0) is 20.6. The summed E-state index contributed by atoms with van der Waals surface area (Å²) in [6, 6.07) is 5.17. The number of amides is 1. The highest BCUT2D eigenvalue weighted by Crippen LogP contribution is 2.34. The van der Waals surface area contributed by atoms with E-state index in [0.717, 1.165) is 5.56 Å². The van der Waals surface area contributed by atoms with E-state index < -0.39 is 21.0 Å². The number of pyridine rings is 1. The number of rotatable bonds is 6. The lowest BCUT2D eigenvalue weighted by atomic mass is 10.1. The molecule has 0 aliphatic carbocycles. The second-order valence-corrected chi connectivity index (χ2v) is 9.29. The average Bonchev–Trinajstić information content (AvgIpc) is 3.08. The highest BCUT2D eigenvalue weighted by molar-refractivity contribution is 7.92. The first-order chi connectivity index (χ1) is 13.2. The topological polar surface area (TPSA) is 120 Å². The molecule has 9 heteroatoms. The summed E-state index contributed by atoms with van der Waals surface area (Å²) in [6.45, 7) is 7.61. The Morgan fingerprint density at radius 1 is 1.32 bits per heavy atom. The van der Waals surface area contributed by atoms with Gasteiger partial charge in [0.1, 0.15) is 5.82 Å². The van der Waals surface area contributed by atoms with E-state index in [4.69, 9.17) is 5.73 Å². The fraction of sp³-hybridized carbons (Fsp3) is 0.316. The monoisotopic (exact) mass is 401 g/mol. The number of carbonyl (C=O) groups excluding carboxylic acids is 1. The van der Waals surface area contributed by atoms with Gasteiger partial charge in [-0.05, 0) is 45.4 Å². The Morgan fingerprint density at radius 2 is 2.04 bits per heavy atom. The molecule has 0 bridgehead atoms. The van der Waals surface area contributed by atoms with Crippen molar-refractivity contribution in [2.75, 3.05) is 5.32 Å². The van der Waals surface area contributed by atoms with Crippen LogP contribution in [0.3, 0.4) is 0 Å². The molecule has 1 aromatic carbocycles. The summed E-state index contributed by atoms with van der Waals surface area (Å²) in [4.78, 5) is 16.4. The molecule has 0 fully saturated rings. The second-order valence-electron chi connectivity index (χ2n) is 6.82. The number of nitrogens with zero attached hydrogens (tertiary/aromatic N) is 3. The third kappa shape index (κ3) is 3.33. The van der Waals surface area contributed by atoms with E-state index in [2.05, 4.69) is 15.4 Å². The van der Waals surface area contributed by atoms with E-state index >= 15 is 0 Å². The zero-order valence-corrected chi connectivity index (χ0v) is 17.0. The van der Waals surface area contributed by atoms with Crippen LogP contribution in [0.4, 0.5) is 11.5 Å². The number of primary amides is 1. The van der Waals surface area contributed by atoms with E-state index in [1.807, 2.05) is 6.92 Å². The summed E-state index contributed by atoms with van der Waals surface area (Å²) in [5.74, 6) is 0.00140. The summed E-state index contributed by atoms with van der Waals surface area (Å²) in [7, 11) is -3.57. The number of hydrogen-bond donors (Lipinski definition) is 2. The molecule has 148 valence electrons. The number of nitrogens with one attached hydrogen (secondary N) is 1. The van der Waals surface area contributed by atoms with E-state index in [1.165, 1.54) is 6.20 Å². The maximum absolute atomic E-state index is 12.9. The summed E-state index contributed by atoms with van der Waals surface area (Å²) in [5, 5.41) is 7.32. The number of fused-ring (bicyclic) bond motifs is 1. The maximum atomic E-state index is 12.9. The minimum atomic E-state index is -3.57. The zero-order valence-electron chi connectivity index (χ0n) is 16.2.